The molecule has 1 saturated heterocycles. The number of aromatic nitrogens is 4. The van der Waals surface area contributed by atoms with E-state index in [4.69, 9.17) is 5.73 Å². The number of hydrogen-bond donors (Lipinski definition) is 1. The van der Waals surface area contributed by atoms with Crippen LogP contribution in [-0.2, 0) is 6.54 Å². The summed E-state index contributed by atoms with van der Waals surface area (Å²) in [7, 11) is 0. The van der Waals surface area contributed by atoms with Crippen molar-refractivity contribution in [1.29, 1.82) is 0 Å². The molecule has 0 radical (unpaired) electrons. The second kappa shape index (κ2) is 4.10. The summed E-state index contributed by atoms with van der Waals surface area (Å²) in [5, 5.41) is 12.0. The Balaban J connectivity index is 1.62. The van der Waals surface area contributed by atoms with Crippen molar-refractivity contribution in [3.63, 3.8) is 0 Å². The maximum atomic E-state index is 5.89. The Kier molecular flexibility index (Phi) is 2.61. The van der Waals surface area contributed by atoms with Crippen molar-refractivity contribution in [2.75, 3.05) is 13.1 Å². The molecule has 0 bridgehead atoms. The molecule has 2 N–H and O–H groups in total. The molecule has 0 amide bonds. The molecule has 2 heterocycles. The lowest BCUT2D eigenvalue weighted by Gasteiger charge is -2.29. The van der Waals surface area contributed by atoms with Gasteiger partial charge in [-0.15, -0.1) is 5.10 Å². The third-order valence-corrected chi connectivity index (χ3v) is 3.45. The first-order chi connectivity index (χ1) is 7.83. The standard InChI is InChI=1S/C10H18N6/c11-8-3-5-15(6-4-8)7-10-12-13-14-16(10)9-1-2-9/h8-9H,1-7,11H2. The van der Waals surface area contributed by atoms with E-state index in [0.29, 0.717) is 12.1 Å². The molecule has 0 aromatic carbocycles. The Morgan fingerprint density at radius 2 is 1.94 bits per heavy atom. The lowest BCUT2D eigenvalue weighted by molar-refractivity contribution is 0.198. The molecule has 1 aliphatic carbocycles. The van der Waals surface area contributed by atoms with Crippen LogP contribution in [0.1, 0.15) is 37.5 Å². The molecule has 2 aliphatic rings. The minimum atomic E-state index is 0.385. The summed E-state index contributed by atoms with van der Waals surface area (Å²) < 4.78 is 1.99. The lowest BCUT2D eigenvalue weighted by Crippen LogP contribution is -2.39. The molecule has 1 aromatic rings. The number of nitrogens with two attached hydrogens (primary N) is 1. The molecule has 1 saturated carbocycles. The van der Waals surface area contributed by atoms with E-state index in [2.05, 4.69) is 20.4 Å². The predicted octanol–water partition coefficient (Wildman–Crippen LogP) is -0.0689. The number of nitrogens with zero attached hydrogens (tertiary/aromatic N) is 5. The van der Waals surface area contributed by atoms with E-state index in [-0.39, 0.29) is 0 Å². The molecule has 0 unspecified atom stereocenters. The Morgan fingerprint density at radius 3 is 2.62 bits per heavy atom. The minimum absolute atomic E-state index is 0.385. The van der Waals surface area contributed by atoms with Crippen molar-refractivity contribution < 1.29 is 0 Å². The highest BCUT2D eigenvalue weighted by Crippen LogP contribution is 2.34. The van der Waals surface area contributed by atoms with Crippen LogP contribution < -0.4 is 5.73 Å². The number of likely N-dealkylation sites (tertiary alicyclic amines) is 1. The molecule has 3 rings (SSSR count). The molecule has 88 valence electrons. The molecular formula is C10H18N6. The van der Waals surface area contributed by atoms with E-state index in [1.54, 1.807) is 0 Å². The summed E-state index contributed by atoms with van der Waals surface area (Å²) in [6.07, 6.45) is 4.63. The van der Waals surface area contributed by atoms with Crippen molar-refractivity contribution in [3.05, 3.63) is 5.82 Å². The van der Waals surface area contributed by atoms with Gasteiger partial charge >= 0.3 is 0 Å². The first-order valence-corrected chi connectivity index (χ1v) is 6.07. The Bertz CT molecular complexity index is 350. The first kappa shape index (κ1) is 10.2. The van der Waals surface area contributed by atoms with Gasteiger partial charge in [0.15, 0.2) is 5.82 Å². The zero-order valence-corrected chi connectivity index (χ0v) is 9.42. The van der Waals surface area contributed by atoms with Crippen LogP contribution in [-0.4, -0.2) is 44.2 Å². The van der Waals surface area contributed by atoms with E-state index in [1.807, 2.05) is 4.68 Å². The van der Waals surface area contributed by atoms with Gasteiger partial charge in [-0.3, -0.25) is 4.90 Å². The van der Waals surface area contributed by atoms with Gasteiger partial charge in [-0.05, 0) is 36.1 Å². The van der Waals surface area contributed by atoms with Gasteiger partial charge in [0.1, 0.15) is 0 Å². The highest BCUT2D eigenvalue weighted by atomic mass is 15.6. The van der Waals surface area contributed by atoms with E-state index in [9.17, 15) is 0 Å². The van der Waals surface area contributed by atoms with Gasteiger partial charge in [-0.1, -0.05) is 0 Å². The zero-order chi connectivity index (χ0) is 11.0. The van der Waals surface area contributed by atoms with E-state index >= 15 is 0 Å². The molecule has 0 atom stereocenters. The fourth-order valence-electron chi connectivity index (χ4n) is 2.23. The second-order valence-electron chi connectivity index (χ2n) is 4.88. The molecule has 1 aromatic heterocycles. The van der Waals surface area contributed by atoms with Crippen molar-refractivity contribution in [3.8, 4) is 0 Å². The molecule has 0 spiro atoms. The summed E-state index contributed by atoms with van der Waals surface area (Å²) in [6, 6.07) is 0.952. The van der Waals surface area contributed by atoms with Crippen LogP contribution >= 0.6 is 0 Å². The van der Waals surface area contributed by atoms with Gasteiger partial charge in [0.2, 0.25) is 0 Å². The van der Waals surface area contributed by atoms with Gasteiger partial charge in [0.25, 0.3) is 0 Å². The maximum absolute atomic E-state index is 5.89. The van der Waals surface area contributed by atoms with Crippen LogP contribution in [0, 0.1) is 0 Å². The van der Waals surface area contributed by atoms with Crippen LogP contribution in [0.5, 0.6) is 0 Å². The maximum Gasteiger partial charge on any atom is 0.165 e. The van der Waals surface area contributed by atoms with Crippen molar-refractivity contribution in [2.45, 2.75) is 44.3 Å². The quantitative estimate of drug-likeness (QED) is 0.775. The Morgan fingerprint density at radius 1 is 1.19 bits per heavy atom. The lowest BCUT2D eigenvalue weighted by atomic mass is 10.1. The van der Waals surface area contributed by atoms with Crippen molar-refractivity contribution >= 4 is 0 Å². The Labute approximate surface area is 94.8 Å². The van der Waals surface area contributed by atoms with Crippen LogP contribution in [0.25, 0.3) is 0 Å². The fraction of sp³-hybridized carbons (Fsp3) is 0.900. The minimum Gasteiger partial charge on any atom is -0.328 e. The summed E-state index contributed by atoms with van der Waals surface area (Å²) >= 11 is 0. The molecular weight excluding hydrogens is 204 g/mol. The van der Waals surface area contributed by atoms with Gasteiger partial charge in [0.05, 0.1) is 12.6 Å². The monoisotopic (exact) mass is 222 g/mol. The van der Waals surface area contributed by atoms with Crippen LogP contribution in [0.2, 0.25) is 0 Å². The number of hydrogen-bond acceptors (Lipinski definition) is 5. The summed E-state index contributed by atoms with van der Waals surface area (Å²) in [5.41, 5.74) is 5.89. The highest BCUT2D eigenvalue weighted by Gasteiger charge is 2.28. The largest absolute Gasteiger partial charge is 0.328 e. The number of rotatable bonds is 3. The molecule has 1 aliphatic heterocycles. The average Bonchev–Trinajstić information content (AvgIpc) is 3.03. The summed E-state index contributed by atoms with van der Waals surface area (Å²) in [6.45, 7) is 3.01. The van der Waals surface area contributed by atoms with Gasteiger partial charge in [0, 0.05) is 19.1 Å². The van der Waals surface area contributed by atoms with Gasteiger partial charge in [-0.2, -0.15) is 0 Å². The average molecular weight is 222 g/mol. The molecule has 16 heavy (non-hydrogen) atoms. The van der Waals surface area contributed by atoms with Crippen LogP contribution in [0.3, 0.4) is 0 Å². The molecule has 6 heteroatoms. The second-order valence-corrected chi connectivity index (χ2v) is 4.88. The van der Waals surface area contributed by atoms with Crippen LogP contribution in [0.4, 0.5) is 0 Å². The van der Waals surface area contributed by atoms with Gasteiger partial charge in [-0.25, -0.2) is 4.68 Å². The number of tetrazole rings is 1. The van der Waals surface area contributed by atoms with Crippen molar-refractivity contribution in [2.24, 2.45) is 5.73 Å². The van der Waals surface area contributed by atoms with Crippen LogP contribution in [0.15, 0.2) is 0 Å². The Hall–Kier alpha value is -1.01. The zero-order valence-electron chi connectivity index (χ0n) is 9.42. The van der Waals surface area contributed by atoms with E-state index in [0.717, 1.165) is 38.3 Å². The fourth-order valence-corrected chi connectivity index (χ4v) is 2.23. The van der Waals surface area contributed by atoms with E-state index < -0.39 is 0 Å². The topological polar surface area (TPSA) is 72.9 Å². The normalized spacial score (nSPS) is 23.8. The molecule has 6 nitrogen and oxygen atoms in total. The summed E-state index contributed by atoms with van der Waals surface area (Å²) in [5.74, 6) is 1.01. The molecule has 2 fully saturated rings. The predicted molar refractivity (Wildman–Crippen MR) is 58.6 cm³/mol. The number of piperidine rings is 1. The first-order valence-electron chi connectivity index (χ1n) is 6.07. The summed E-state index contributed by atoms with van der Waals surface area (Å²) in [4.78, 5) is 2.40. The SMILES string of the molecule is NC1CCN(Cc2nnnn2C2CC2)CC1. The third kappa shape index (κ3) is 2.08. The highest BCUT2D eigenvalue weighted by molar-refractivity contribution is 4.91. The third-order valence-electron chi connectivity index (χ3n) is 3.45. The van der Waals surface area contributed by atoms with Crippen molar-refractivity contribution in [1.82, 2.24) is 25.1 Å². The smallest absolute Gasteiger partial charge is 0.165 e. The van der Waals surface area contributed by atoms with Gasteiger partial charge < -0.3 is 5.73 Å². The van der Waals surface area contributed by atoms with E-state index in [1.165, 1.54) is 12.8 Å².